The summed E-state index contributed by atoms with van der Waals surface area (Å²) in [4.78, 5) is 50.4. The first kappa shape index (κ1) is 57.6. The number of benzene rings is 2. The van der Waals surface area contributed by atoms with E-state index in [-0.39, 0.29) is 44.8 Å². The van der Waals surface area contributed by atoms with Gasteiger partial charge in [-0.3, -0.25) is 40.5 Å². The van der Waals surface area contributed by atoms with Crippen molar-refractivity contribution in [2.24, 2.45) is 92.7 Å². The van der Waals surface area contributed by atoms with Gasteiger partial charge >= 0.3 is 11.4 Å². The van der Waals surface area contributed by atoms with E-state index in [1.54, 1.807) is 0 Å². The summed E-state index contributed by atoms with van der Waals surface area (Å²) in [5.41, 5.74) is 0.910. The highest BCUT2D eigenvalue weighted by molar-refractivity contribution is 5.68. The fraction of sp³-hybridized carbons (Fsp3) is 0.758. The van der Waals surface area contributed by atoms with Crippen molar-refractivity contribution in [2.45, 2.75) is 222 Å². The van der Waals surface area contributed by atoms with Crippen molar-refractivity contribution in [2.75, 3.05) is 0 Å². The Kier molecular flexibility index (Phi) is 16.0. The summed E-state index contributed by atoms with van der Waals surface area (Å²) in [6, 6.07) is 4.81. The zero-order valence-electron chi connectivity index (χ0n) is 49.6. The van der Waals surface area contributed by atoms with Gasteiger partial charge in [-0.25, -0.2) is 0 Å². The fourth-order valence-corrected chi connectivity index (χ4v) is 20.8. The molecule has 0 heterocycles. The molecule has 13 heteroatoms. The van der Waals surface area contributed by atoms with Gasteiger partial charge in [-0.2, -0.15) is 0 Å². The molecule has 16 unspecified atom stereocenters. The maximum atomic E-state index is 13.5. The molecule has 0 saturated heterocycles. The van der Waals surface area contributed by atoms with E-state index in [9.17, 15) is 40.5 Å². The number of nitrogens with zero attached hydrogens (tertiary/aromatic N) is 4. The van der Waals surface area contributed by atoms with Crippen LogP contribution in [0.25, 0.3) is 0 Å². The largest absolute Gasteiger partial charge is 0.443 e. The topological polar surface area (TPSA) is 182 Å². The van der Waals surface area contributed by atoms with E-state index < -0.39 is 42.9 Å². The third kappa shape index (κ3) is 9.98. The maximum Gasteiger partial charge on any atom is 0.321 e. The maximum absolute atomic E-state index is 13.5. The van der Waals surface area contributed by atoms with Crippen LogP contribution in [0.4, 0.5) is 22.7 Å². The highest BCUT2D eigenvalue weighted by Crippen LogP contribution is 2.71. The molecule has 79 heavy (non-hydrogen) atoms. The number of allylic oxidation sites excluding steroid dienone is 4. The van der Waals surface area contributed by atoms with Gasteiger partial charge in [-0.05, 0) is 208 Å². The molecule has 2 aromatic carbocycles. The molecule has 8 aliphatic carbocycles. The van der Waals surface area contributed by atoms with Crippen molar-refractivity contribution in [1.82, 2.24) is 0 Å². The molecule has 2 aromatic rings. The highest BCUT2D eigenvalue weighted by Gasteiger charge is 2.62. The molecule has 0 bridgehead atoms. The molecule has 13 nitrogen and oxygen atoms in total. The molecule has 0 aliphatic heterocycles. The first-order valence-electron chi connectivity index (χ1n) is 31.4. The minimum absolute atomic E-state index is 0.0231. The lowest BCUT2D eigenvalue weighted by molar-refractivity contribution is -0.397. The van der Waals surface area contributed by atoms with E-state index in [1.165, 1.54) is 112 Å². The Morgan fingerprint density at radius 3 is 1.24 bits per heavy atom. The molecule has 0 spiro atoms. The summed E-state index contributed by atoms with van der Waals surface area (Å²) >= 11 is 0. The minimum atomic E-state index is -0.643. The molecule has 16 atom stereocenters. The normalized spacial score (nSPS) is 36.4. The number of nitro benzene ring substituents is 4. The summed E-state index contributed by atoms with van der Waals surface area (Å²) in [5.74, 6) is 5.89. The monoisotopic (exact) mass is 1090 g/mol. The zero-order chi connectivity index (χ0) is 56.7. The smallest absolute Gasteiger partial charge is 0.321 e. The van der Waals surface area contributed by atoms with Gasteiger partial charge in [0.15, 0.2) is 0 Å². The Morgan fingerprint density at radius 2 is 0.886 bits per heavy atom. The molecule has 0 amide bonds. The van der Waals surface area contributed by atoms with Crippen molar-refractivity contribution in [3.05, 3.63) is 99.1 Å². The van der Waals surface area contributed by atoms with Crippen LogP contribution in [0.3, 0.4) is 0 Å². The van der Waals surface area contributed by atoms with Gasteiger partial charge in [0.2, 0.25) is 11.5 Å². The number of hydrogen-bond donors (Lipinski definition) is 0. The number of hydrogen-bond acceptors (Lipinski definition) is 9. The van der Waals surface area contributed by atoms with Crippen LogP contribution in [-0.4, -0.2) is 19.7 Å². The quantitative estimate of drug-likeness (QED) is 0.0797. The van der Waals surface area contributed by atoms with E-state index >= 15 is 0 Å². The van der Waals surface area contributed by atoms with E-state index in [2.05, 4.69) is 81.4 Å². The van der Waals surface area contributed by atoms with Crippen molar-refractivity contribution in [3.8, 4) is 11.5 Å². The average molecular weight is 1090 g/mol. The van der Waals surface area contributed by atoms with Crippen molar-refractivity contribution in [1.29, 1.82) is 0 Å². The zero-order valence-corrected chi connectivity index (χ0v) is 49.6. The molecule has 8 aliphatic rings. The summed E-state index contributed by atoms with van der Waals surface area (Å²) in [7, 11) is 0. The number of ether oxygens (including phenoxy) is 1. The van der Waals surface area contributed by atoms with Crippen molar-refractivity contribution in [3.63, 3.8) is 0 Å². The Morgan fingerprint density at radius 1 is 0.494 bits per heavy atom. The van der Waals surface area contributed by atoms with Gasteiger partial charge in [0.25, 0.3) is 11.4 Å². The predicted molar refractivity (Wildman–Crippen MR) is 311 cm³/mol. The van der Waals surface area contributed by atoms with Crippen LogP contribution in [0.1, 0.15) is 233 Å². The van der Waals surface area contributed by atoms with Gasteiger partial charge in [0.1, 0.15) is 11.1 Å². The second-order valence-corrected chi connectivity index (χ2v) is 29.3. The van der Waals surface area contributed by atoms with Crippen molar-refractivity contribution < 1.29 is 24.4 Å². The first-order chi connectivity index (χ1) is 37.4. The van der Waals surface area contributed by atoms with Gasteiger partial charge < -0.3 is 4.74 Å². The SMILES string of the molecule is CC(C)CCCC(C)C1CCC2C3CC=C4CC(c5c([N+](=O)[O-])ccc(Oc6ccc([N+](=O)[O-])c(C7CCC8(C)C(=CCC9C8CCC8(C)C(C(C)CCCC(C)C)CCC98)C7)c6[N+](=O)[O-])c5[N+](=O)[O-])CCC4(C)C3CCC12C. The van der Waals surface area contributed by atoms with Gasteiger partial charge in [0, 0.05) is 24.0 Å². The van der Waals surface area contributed by atoms with E-state index in [1.807, 2.05) is 0 Å². The van der Waals surface area contributed by atoms with Crippen LogP contribution in [0.2, 0.25) is 0 Å². The van der Waals surface area contributed by atoms with Crippen LogP contribution >= 0.6 is 0 Å². The molecule has 10 rings (SSSR count). The Labute approximate surface area is 470 Å². The standard InChI is InChI=1S/C66H94N4O9/c1-39(2)13-11-15-41(5)49-21-23-51-47-19-17-45-37-43(29-33-63(45,7)53(47)31-35-65(49,51)9)59-55(67(71)72)25-27-57(61(59)69(75)76)79-58-28-26-56(68(73)74)60(62(58)70(77)78)44-30-34-64(8)46(38-44)18-20-48-52-24-22-50(42(6)16-12-14-40(3)4)66(52,10)36-32-54(48)64/h17-18,25-28,39-44,47-54H,11-16,19-24,29-38H2,1-10H3. The minimum Gasteiger partial charge on any atom is -0.443 e. The lowest BCUT2D eigenvalue weighted by Gasteiger charge is -2.58. The number of rotatable bonds is 18. The number of fused-ring (bicyclic) bond motifs is 10. The summed E-state index contributed by atoms with van der Waals surface area (Å²) in [5, 5.41) is 52.8. The summed E-state index contributed by atoms with van der Waals surface area (Å²) in [6.45, 7) is 24.2. The molecule has 0 radical (unpaired) electrons. The summed E-state index contributed by atoms with van der Waals surface area (Å²) < 4.78 is 6.35. The Balaban J connectivity index is 0.910. The third-order valence-corrected chi connectivity index (χ3v) is 24.7. The Bertz CT molecular complexity index is 2590. The third-order valence-electron chi connectivity index (χ3n) is 24.7. The van der Waals surface area contributed by atoms with Crippen molar-refractivity contribution >= 4 is 22.7 Å². The molecular weight excluding hydrogens is 993 g/mol. The molecule has 6 fully saturated rings. The Hall–Kier alpha value is -4.68. The van der Waals surface area contributed by atoms with E-state index in [0.717, 1.165) is 62.2 Å². The number of nitro groups is 4. The molecule has 6 saturated carbocycles. The lowest BCUT2D eigenvalue weighted by atomic mass is 9.46. The fourth-order valence-electron chi connectivity index (χ4n) is 20.8. The second kappa shape index (κ2) is 21.9. The summed E-state index contributed by atoms with van der Waals surface area (Å²) in [6.07, 6.45) is 27.6. The molecular formula is C66H94N4O9. The van der Waals surface area contributed by atoms with Crippen LogP contribution in [0, 0.1) is 133 Å². The predicted octanol–water partition coefficient (Wildman–Crippen LogP) is 19.4. The van der Waals surface area contributed by atoms with Crippen LogP contribution in [0.5, 0.6) is 11.5 Å². The average Bonchev–Trinajstić information content (AvgIpc) is 4.17. The van der Waals surface area contributed by atoms with Crippen LogP contribution in [-0.2, 0) is 0 Å². The van der Waals surface area contributed by atoms with Crippen LogP contribution < -0.4 is 4.74 Å². The van der Waals surface area contributed by atoms with Gasteiger partial charge in [0.05, 0.1) is 19.7 Å². The van der Waals surface area contributed by atoms with Crippen LogP contribution in [0.15, 0.2) is 47.6 Å². The van der Waals surface area contributed by atoms with Gasteiger partial charge in [-0.1, -0.05) is 131 Å². The molecule has 432 valence electrons. The van der Waals surface area contributed by atoms with E-state index in [4.69, 9.17) is 4.74 Å². The molecule has 0 N–H and O–H groups in total. The molecule has 0 aromatic heterocycles. The van der Waals surface area contributed by atoms with E-state index in [0.29, 0.717) is 83.9 Å². The second-order valence-electron chi connectivity index (χ2n) is 29.3. The van der Waals surface area contributed by atoms with Gasteiger partial charge in [-0.15, -0.1) is 0 Å². The lowest BCUT2D eigenvalue weighted by Crippen LogP contribution is -2.50. The first-order valence-corrected chi connectivity index (χ1v) is 31.4. The highest BCUT2D eigenvalue weighted by atomic mass is 16.6.